The first-order chi connectivity index (χ1) is 14.6. The number of hydrogen-bond acceptors (Lipinski definition) is 5. The van der Waals surface area contributed by atoms with Crippen molar-refractivity contribution in [2.45, 2.75) is 38.9 Å². The first-order valence-corrected chi connectivity index (χ1v) is 10.8. The van der Waals surface area contributed by atoms with Gasteiger partial charge in [0, 0.05) is 23.9 Å². The summed E-state index contributed by atoms with van der Waals surface area (Å²) in [7, 11) is 0. The van der Waals surface area contributed by atoms with Crippen molar-refractivity contribution in [2.24, 2.45) is 0 Å². The van der Waals surface area contributed by atoms with Crippen molar-refractivity contribution in [1.29, 1.82) is 0 Å². The Hall–Kier alpha value is -3.26. The smallest absolute Gasteiger partial charge is 0.266 e. The standard InChI is InChI=1S/C22H23N5O2S/c1-2-17(15-27-22(29)10-9-18(25-27)20-8-5-13-30-20)24-21(28)11-12-26-19-7-4-3-6-16(19)14-23-26/h3-10,13-14,17H,2,11-12,15H2,1H3,(H,24,28)/t17-/m1/s1. The zero-order valence-corrected chi connectivity index (χ0v) is 17.5. The molecule has 0 aliphatic heterocycles. The highest BCUT2D eigenvalue weighted by Gasteiger charge is 2.14. The van der Waals surface area contributed by atoms with E-state index in [1.165, 1.54) is 10.7 Å². The van der Waals surface area contributed by atoms with E-state index in [2.05, 4.69) is 15.5 Å². The fraction of sp³-hybridized carbons (Fsp3) is 0.273. The maximum Gasteiger partial charge on any atom is 0.266 e. The van der Waals surface area contributed by atoms with E-state index in [9.17, 15) is 9.59 Å². The molecule has 0 saturated carbocycles. The Morgan fingerprint density at radius 2 is 2.00 bits per heavy atom. The molecule has 1 aromatic carbocycles. The lowest BCUT2D eigenvalue weighted by molar-refractivity contribution is -0.122. The number of nitrogens with one attached hydrogen (secondary N) is 1. The van der Waals surface area contributed by atoms with Crippen molar-refractivity contribution in [3.63, 3.8) is 0 Å². The predicted octanol–water partition coefficient (Wildman–Crippen LogP) is 3.31. The van der Waals surface area contributed by atoms with E-state index in [0.29, 0.717) is 25.9 Å². The van der Waals surface area contributed by atoms with Gasteiger partial charge in [-0.05, 0) is 30.0 Å². The van der Waals surface area contributed by atoms with E-state index in [1.54, 1.807) is 23.6 Å². The lowest BCUT2D eigenvalue weighted by Gasteiger charge is -2.18. The highest BCUT2D eigenvalue weighted by Crippen LogP contribution is 2.21. The van der Waals surface area contributed by atoms with Gasteiger partial charge in [-0.25, -0.2) is 4.68 Å². The summed E-state index contributed by atoms with van der Waals surface area (Å²) in [4.78, 5) is 25.8. The maximum absolute atomic E-state index is 12.5. The number of amides is 1. The Morgan fingerprint density at radius 3 is 2.80 bits per heavy atom. The summed E-state index contributed by atoms with van der Waals surface area (Å²) in [5, 5.41) is 14.9. The van der Waals surface area contributed by atoms with Crippen LogP contribution in [0.5, 0.6) is 0 Å². The number of hydrogen-bond donors (Lipinski definition) is 1. The van der Waals surface area contributed by atoms with Crippen LogP contribution < -0.4 is 10.9 Å². The van der Waals surface area contributed by atoms with Crippen LogP contribution in [-0.2, 0) is 17.9 Å². The molecule has 3 aromatic heterocycles. The molecule has 1 atom stereocenters. The second-order valence-electron chi connectivity index (χ2n) is 7.07. The van der Waals surface area contributed by atoms with Gasteiger partial charge in [-0.3, -0.25) is 14.3 Å². The average molecular weight is 422 g/mol. The number of thiophene rings is 1. The molecule has 30 heavy (non-hydrogen) atoms. The van der Waals surface area contributed by atoms with Gasteiger partial charge in [0.1, 0.15) is 5.69 Å². The number of rotatable bonds is 8. The summed E-state index contributed by atoms with van der Waals surface area (Å²) in [6.45, 7) is 2.83. The van der Waals surface area contributed by atoms with E-state index in [0.717, 1.165) is 21.5 Å². The third kappa shape index (κ3) is 4.49. The van der Waals surface area contributed by atoms with Gasteiger partial charge in [-0.2, -0.15) is 10.2 Å². The highest BCUT2D eigenvalue weighted by molar-refractivity contribution is 7.13. The lowest BCUT2D eigenvalue weighted by atomic mass is 10.2. The van der Waals surface area contributed by atoms with E-state index < -0.39 is 0 Å². The molecule has 0 fully saturated rings. The molecule has 7 nitrogen and oxygen atoms in total. The fourth-order valence-electron chi connectivity index (χ4n) is 3.33. The third-order valence-electron chi connectivity index (χ3n) is 4.99. The maximum atomic E-state index is 12.5. The summed E-state index contributed by atoms with van der Waals surface area (Å²) in [6.07, 6.45) is 2.83. The summed E-state index contributed by atoms with van der Waals surface area (Å²) in [5.74, 6) is -0.0658. The van der Waals surface area contributed by atoms with Crippen LogP contribution in [0, 0.1) is 0 Å². The van der Waals surface area contributed by atoms with Crippen molar-refractivity contribution in [3.8, 4) is 10.6 Å². The third-order valence-corrected chi connectivity index (χ3v) is 5.89. The van der Waals surface area contributed by atoms with E-state index in [1.807, 2.05) is 53.4 Å². The number of carbonyl (C=O) groups is 1. The molecule has 1 amide bonds. The number of benzene rings is 1. The van der Waals surface area contributed by atoms with Gasteiger partial charge in [0.15, 0.2) is 0 Å². The first-order valence-electron chi connectivity index (χ1n) is 9.96. The number of aryl methyl sites for hydroxylation is 1. The summed E-state index contributed by atoms with van der Waals surface area (Å²) in [6, 6.07) is 14.9. The van der Waals surface area contributed by atoms with Crippen LogP contribution in [0.1, 0.15) is 19.8 Å². The topological polar surface area (TPSA) is 81.8 Å². The van der Waals surface area contributed by atoms with Crippen LogP contribution in [0.3, 0.4) is 0 Å². The van der Waals surface area contributed by atoms with Crippen LogP contribution in [0.2, 0.25) is 0 Å². The Labute approximate surface area is 178 Å². The number of carbonyl (C=O) groups excluding carboxylic acids is 1. The van der Waals surface area contributed by atoms with Gasteiger partial charge in [0.2, 0.25) is 5.91 Å². The molecule has 3 heterocycles. The minimum atomic E-state index is -0.175. The summed E-state index contributed by atoms with van der Waals surface area (Å²) >= 11 is 1.58. The Balaban J connectivity index is 1.39. The zero-order chi connectivity index (χ0) is 20.9. The van der Waals surface area contributed by atoms with Crippen molar-refractivity contribution >= 4 is 28.1 Å². The minimum Gasteiger partial charge on any atom is -0.351 e. The molecule has 0 aliphatic carbocycles. The first kappa shape index (κ1) is 20.0. The molecule has 4 aromatic rings. The van der Waals surface area contributed by atoms with E-state index >= 15 is 0 Å². The lowest BCUT2D eigenvalue weighted by Crippen LogP contribution is -2.40. The van der Waals surface area contributed by atoms with Crippen molar-refractivity contribution in [3.05, 3.63) is 70.5 Å². The van der Waals surface area contributed by atoms with Crippen LogP contribution in [0.25, 0.3) is 21.5 Å². The molecular formula is C22H23N5O2S. The molecule has 8 heteroatoms. The normalized spacial score (nSPS) is 12.2. The summed E-state index contributed by atoms with van der Waals surface area (Å²) < 4.78 is 3.27. The number of fused-ring (bicyclic) bond motifs is 1. The highest BCUT2D eigenvalue weighted by atomic mass is 32.1. The van der Waals surface area contributed by atoms with Gasteiger partial charge in [0.05, 0.1) is 29.7 Å². The van der Waals surface area contributed by atoms with Crippen molar-refractivity contribution in [2.75, 3.05) is 0 Å². The van der Waals surface area contributed by atoms with Crippen molar-refractivity contribution < 1.29 is 4.79 Å². The largest absolute Gasteiger partial charge is 0.351 e. The minimum absolute atomic E-state index is 0.0658. The van der Waals surface area contributed by atoms with Gasteiger partial charge in [-0.1, -0.05) is 31.2 Å². The average Bonchev–Trinajstić information content (AvgIpc) is 3.43. The van der Waals surface area contributed by atoms with E-state index in [-0.39, 0.29) is 17.5 Å². The molecule has 0 aliphatic rings. The fourth-order valence-corrected chi connectivity index (χ4v) is 4.02. The van der Waals surface area contributed by atoms with Crippen LogP contribution >= 0.6 is 11.3 Å². The Morgan fingerprint density at radius 1 is 1.13 bits per heavy atom. The SMILES string of the molecule is CC[C@H](Cn1nc(-c2cccs2)ccc1=O)NC(=O)CCn1ncc2ccccc21. The zero-order valence-electron chi connectivity index (χ0n) is 16.7. The molecule has 1 N–H and O–H groups in total. The molecule has 4 rings (SSSR count). The number of nitrogens with zero attached hydrogens (tertiary/aromatic N) is 4. The number of para-hydroxylation sites is 1. The van der Waals surface area contributed by atoms with Gasteiger partial charge >= 0.3 is 0 Å². The number of aromatic nitrogens is 4. The van der Waals surface area contributed by atoms with Crippen LogP contribution in [-0.4, -0.2) is 31.5 Å². The van der Waals surface area contributed by atoms with Crippen LogP contribution in [0.4, 0.5) is 0 Å². The van der Waals surface area contributed by atoms with Gasteiger partial charge in [-0.15, -0.1) is 11.3 Å². The Kier molecular flexibility index (Phi) is 6.04. The Bertz CT molecular complexity index is 1200. The van der Waals surface area contributed by atoms with Crippen molar-refractivity contribution in [1.82, 2.24) is 24.9 Å². The molecule has 0 radical (unpaired) electrons. The molecule has 154 valence electrons. The van der Waals surface area contributed by atoms with Crippen LogP contribution in [0.15, 0.2) is 64.9 Å². The molecule has 0 saturated heterocycles. The summed E-state index contributed by atoms with van der Waals surface area (Å²) in [5.41, 5.74) is 1.60. The molecular weight excluding hydrogens is 398 g/mol. The second kappa shape index (κ2) is 9.04. The van der Waals surface area contributed by atoms with Gasteiger partial charge in [0.25, 0.3) is 5.56 Å². The monoisotopic (exact) mass is 421 g/mol. The van der Waals surface area contributed by atoms with Gasteiger partial charge < -0.3 is 5.32 Å². The molecule has 0 spiro atoms. The predicted molar refractivity (Wildman–Crippen MR) is 118 cm³/mol. The quantitative estimate of drug-likeness (QED) is 0.473. The van der Waals surface area contributed by atoms with E-state index in [4.69, 9.17) is 0 Å². The molecule has 0 bridgehead atoms. The molecule has 0 unspecified atom stereocenters. The second-order valence-corrected chi connectivity index (χ2v) is 8.01.